The SMILES string of the molecule is CCC(C)c1ccc2cc(OC(COC)OC3CC4CC3C3CCCC43)ccc2c1. The van der Waals surface area contributed by atoms with Gasteiger partial charge in [0, 0.05) is 7.11 Å². The topological polar surface area (TPSA) is 27.7 Å². The van der Waals surface area contributed by atoms with Gasteiger partial charge in [-0.1, -0.05) is 44.5 Å². The van der Waals surface area contributed by atoms with Crippen molar-refractivity contribution >= 4 is 10.8 Å². The van der Waals surface area contributed by atoms with E-state index >= 15 is 0 Å². The standard InChI is InChI=1S/C27H36O3/c1-4-17(2)18-8-9-20-13-22(11-10-19(20)12-18)29-27(16-28-3)30-26-15-21-14-25(26)24-7-5-6-23(21)24/h8-13,17,21,23-27H,4-7,14-16H2,1-3H3. The molecule has 7 unspecified atom stereocenters. The molecule has 0 aromatic heterocycles. The highest BCUT2D eigenvalue weighted by molar-refractivity contribution is 5.84. The second-order valence-electron chi connectivity index (χ2n) is 9.91. The van der Waals surface area contributed by atoms with E-state index in [0.29, 0.717) is 18.6 Å². The van der Waals surface area contributed by atoms with E-state index in [1.165, 1.54) is 48.4 Å². The van der Waals surface area contributed by atoms with Crippen LogP contribution in [0.4, 0.5) is 0 Å². The van der Waals surface area contributed by atoms with Gasteiger partial charge in [0.25, 0.3) is 0 Å². The molecule has 30 heavy (non-hydrogen) atoms. The van der Waals surface area contributed by atoms with E-state index in [1.807, 2.05) is 0 Å². The molecule has 7 atom stereocenters. The van der Waals surface area contributed by atoms with Gasteiger partial charge in [0.1, 0.15) is 12.4 Å². The van der Waals surface area contributed by atoms with Crippen molar-refractivity contribution in [2.24, 2.45) is 23.7 Å². The predicted molar refractivity (Wildman–Crippen MR) is 121 cm³/mol. The van der Waals surface area contributed by atoms with Gasteiger partial charge in [-0.25, -0.2) is 0 Å². The third-order valence-electron chi connectivity index (χ3n) is 8.28. The monoisotopic (exact) mass is 408 g/mol. The molecule has 3 saturated carbocycles. The number of benzene rings is 2. The van der Waals surface area contributed by atoms with Crippen LogP contribution in [0.3, 0.4) is 0 Å². The Morgan fingerprint density at radius 1 is 0.967 bits per heavy atom. The zero-order valence-corrected chi connectivity index (χ0v) is 18.7. The molecular formula is C27H36O3. The van der Waals surface area contributed by atoms with Crippen molar-refractivity contribution in [3.05, 3.63) is 42.0 Å². The molecule has 3 fully saturated rings. The lowest BCUT2D eigenvalue weighted by atomic mass is 9.80. The summed E-state index contributed by atoms with van der Waals surface area (Å²) < 4.78 is 18.3. The Morgan fingerprint density at radius 2 is 1.77 bits per heavy atom. The number of ether oxygens (including phenoxy) is 3. The highest BCUT2D eigenvalue weighted by Crippen LogP contribution is 2.59. The summed E-state index contributed by atoms with van der Waals surface area (Å²) in [7, 11) is 1.73. The van der Waals surface area contributed by atoms with Crippen LogP contribution in [0.5, 0.6) is 5.75 Å². The fourth-order valence-electron chi connectivity index (χ4n) is 6.60. The molecule has 0 radical (unpaired) electrons. The minimum Gasteiger partial charge on any atom is -0.462 e. The fourth-order valence-corrected chi connectivity index (χ4v) is 6.60. The third-order valence-corrected chi connectivity index (χ3v) is 8.28. The second kappa shape index (κ2) is 8.51. The van der Waals surface area contributed by atoms with E-state index < -0.39 is 0 Å². The first-order chi connectivity index (χ1) is 14.7. The van der Waals surface area contributed by atoms with Crippen LogP contribution in [0.1, 0.15) is 63.9 Å². The fraction of sp³-hybridized carbons (Fsp3) is 0.630. The highest BCUT2D eigenvalue weighted by Gasteiger charge is 2.54. The average Bonchev–Trinajstić information content (AvgIpc) is 3.46. The van der Waals surface area contributed by atoms with Gasteiger partial charge in [0.05, 0.1) is 6.10 Å². The number of methoxy groups -OCH3 is 1. The molecule has 0 spiro atoms. The quantitative estimate of drug-likeness (QED) is 0.464. The van der Waals surface area contributed by atoms with Crippen molar-refractivity contribution in [1.29, 1.82) is 0 Å². The van der Waals surface area contributed by atoms with E-state index in [-0.39, 0.29) is 6.29 Å². The van der Waals surface area contributed by atoms with Crippen LogP contribution in [0.25, 0.3) is 10.8 Å². The van der Waals surface area contributed by atoms with Crippen LogP contribution in [0.2, 0.25) is 0 Å². The Bertz CT molecular complexity index is 878. The van der Waals surface area contributed by atoms with Crippen LogP contribution in [-0.4, -0.2) is 26.1 Å². The number of rotatable bonds is 8. The minimum atomic E-state index is -0.337. The van der Waals surface area contributed by atoms with Crippen molar-refractivity contribution in [3.63, 3.8) is 0 Å². The molecule has 2 bridgehead atoms. The summed E-state index contributed by atoms with van der Waals surface area (Å²) >= 11 is 0. The van der Waals surface area contributed by atoms with Gasteiger partial charge in [0.15, 0.2) is 0 Å². The maximum absolute atomic E-state index is 6.53. The van der Waals surface area contributed by atoms with Crippen LogP contribution < -0.4 is 4.74 Å². The lowest BCUT2D eigenvalue weighted by molar-refractivity contribution is -0.164. The van der Waals surface area contributed by atoms with Gasteiger partial charge in [-0.2, -0.15) is 0 Å². The van der Waals surface area contributed by atoms with E-state index in [1.54, 1.807) is 7.11 Å². The van der Waals surface area contributed by atoms with Gasteiger partial charge >= 0.3 is 0 Å². The summed E-state index contributed by atoms with van der Waals surface area (Å²) in [6, 6.07) is 13.1. The second-order valence-corrected chi connectivity index (χ2v) is 9.91. The number of hydrogen-bond acceptors (Lipinski definition) is 3. The molecular weight excluding hydrogens is 372 g/mol. The number of hydrogen-bond donors (Lipinski definition) is 0. The summed E-state index contributed by atoms with van der Waals surface area (Å²) in [5, 5.41) is 2.48. The van der Waals surface area contributed by atoms with Crippen molar-refractivity contribution in [2.45, 2.75) is 70.7 Å². The first-order valence-electron chi connectivity index (χ1n) is 12.0. The van der Waals surface area contributed by atoms with E-state index in [4.69, 9.17) is 14.2 Å². The van der Waals surface area contributed by atoms with Crippen LogP contribution in [0, 0.1) is 23.7 Å². The number of fused-ring (bicyclic) bond motifs is 6. The summed E-state index contributed by atoms with van der Waals surface area (Å²) in [6.45, 7) is 4.99. The molecule has 2 aromatic carbocycles. The van der Waals surface area contributed by atoms with Gasteiger partial charge in [-0.05, 0) is 90.2 Å². The summed E-state index contributed by atoms with van der Waals surface area (Å²) in [4.78, 5) is 0. The molecule has 0 N–H and O–H groups in total. The molecule has 3 nitrogen and oxygen atoms in total. The van der Waals surface area contributed by atoms with Gasteiger partial charge in [0.2, 0.25) is 6.29 Å². The molecule has 0 amide bonds. The van der Waals surface area contributed by atoms with Crippen molar-refractivity contribution in [2.75, 3.05) is 13.7 Å². The molecule has 2 aromatic rings. The van der Waals surface area contributed by atoms with Crippen molar-refractivity contribution < 1.29 is 14.2 Å². The molecule has 3 aliphatic rings. The van der Waals surface area contributed by atoms with Gasteiger partial charge in [-0.15, -0.1) is 0 Å². The molecule has 3 aliphatic carbocycles. The van der Waals surface area contributed by atoms with E-state index in [2.05, 4.69) is 50.2 Å². The lowest BCUT2D eigenvalue weighted by Crippen LogP contribution is -2.37. The molecule has 0 aliphatic heterocycles. The van der Waals surface area contributed by atoms with Gasteiger partial charge < -0.3 is 14.2 Å². The molecule has 162 valence electrons. The van der Waals surface area contributed by atoms with Crippen LogP contribution >= 0.6 is 0 Å². The van der Waals surface area contributed by atoms with E-state index in [9.17, 15) is 0 Å². The zero-order valence-electron chi connectivity index (χ0n) is 18.7. The summed E-state index contributed by atoms with van der Waals surface area (Å²) in [5.74, 6) is 4.96. The normalized spacial score (nSPS) is 31.8. The van der Waals surface area contributed by atoms with Crippen LogP contribution in [-0.2, 0) is 9.47 Å². The first kappa shape index (κ1) is 20.3. The Kier molecular flexibility index (Phi) is 5.77. The Labute approximate surface area is 181 Å². The van der Waals surface area contributed by atoms with Crippen LogP contribution in [0.15, 0.2) is 36.4 Å². The molecule has 5 rings (SSSR count). The minimum absolute atomic E-state index is 0.337. The molecule has 0 saturated heterocycles. The van der Waals surface area contributed by atoms with E-state index in [0.717, 1.165) is 35.8 Å². The molecule has 3 heteroatoms. The highest BCUT2D eigenvalue weighted by atomic mass is 16.7. The summed E-state index contributed by atoms with van der Waals surface area (Å²) in [6.07, 6.45) is 8.02. The first-order valence-corrected chi connectivity index (χ1v) is 12.0. The lowest BCUT2D eigenvalue weighted by Gasteiger charge is -2.33. The predicted octanol–water partition coefficient (Wildman–Crippen LogP) is 6.55. The Morgan fingerprint density at radius 3 is 2.60 bits per heavy atom. The molecule has 0 heterocycles. The summed E-state index contributed by atoms with van der Waals surface area (Å²) in [5.41, 5.74) is 1.40. The maximum atomic E-state index is 6.53. The smallest absolute Gasteiger partial charge is 0.223 e. The largest absolute Gasteiger partial charge is 0.462 e. The van der Waals surface area contributed by atoms with Crippen molar-refractivity contribution in [3.8, 4) is 5.75 Å². The Hall–Kier alpha value is -1.58. The zero-order chi connectivity index (χ0) is 20.7. The van der Waals surface area contributed by atoms with Gasteiger partial charge in [-0.3, -0.25) is 0 Å². The van der Waals surface area contributed by atoms with Crippen molar-refractivity contribution in [1.82, 2.24) is 0 Å². The Balaban J connectivity index is 1.28. The average molecular weight is 409 g/mol. The maximum Gasteiger partial charge on any atom is 0.223 e. The third kappa shape index (κ3) is 3.76.